The Morgan fingerprint density at radius 1 is 1.35 bits per heavy atom. The predicted octanol–water partition coefficient (Wildman–Crippen LogP) is 1.44. The van der Waals surface area contributed by atoms with Crippen LogP contribution in [0.25, 0.3) is 0 Å². The molecule has 0 radical (unpaired) electrons. The molecule has 0 spiro atoms. The third-order valence-corrected chi connectivity index (χ3v) is 3.91. The second-order valence-corrected chi connectivity index (χ2v) is 5.30. The minimum Gasteiger partial charge on any atom is -0.495 e. The third kappa shape index (κ3) is 2.03. The highest BCUT2D eigenvalue weighted by molar-refractivity contribution is 7.90. The van der Waals surface area contributed by atoms with Crippen LogP contribution in [0.3, 0.4) is 0 Å². The highest BCUT2D eigenvalue weighted by atomic mass is 32.2. The van der Waals surface area contributed by atoms with Gasteiger partial charge in [-0.3, -0.25) is 0 Å². The summed E-state index contributed by atoms with van der Waals surface area (Å²) in [5.41, 5.74) is 0.844. The van der Waals surface area contributed by atoms with Gasteiger partial charge >= 0.3 is 0 Å². The SMILES string of the molecule is COc1ccc(C)cc1S(=O)(=O)n1cccn1. The molecular formula is C11H12N2O3S. The van der Waals surface area contributed by atoms with Crippen molar-refractivity contribution in [2.24, 2.45) is 0 Å². The van der Waals surface area contributed by atoms with E-state index in [-0.39, 0.29) is 4.90 Å². The number of methoxy groups -OCH3 is 1. The van der Waals surface area contributed by atoms with Gasteiger partial charge in [-0.05, 0) is 30.7 Å². The van der Waals surface area contributed by atoms with E-state index in [4.69, 9.17) is 4.74 Å². The molecule has 1 aromatic carbocycles. The standard InChI is InChI=1S/C11H12N2O3S/c1-9-4-5-10(16-2)11(8-9)17(14,15)13-7-3-6-12-13/h3-8H,1-2H3. The highest BCUT2D eigenvalue weighted by Crippen LogP contribution is 2.26. The largest absolute Gasteiger partial charge is 0.495 e. The molecule has 0 unspecified atom stereocenters. The van der Waals surface area contributed by atoms with Crippen molar-refractivity contribution < 1.29 is 13.2 Å². The van der Waals surface area contributed by atoms with Crippen molar-refractivity contribution in [3.05, 3.63) is 42.2 Å². The summed E-state index contributed by atoms with van der Waals surface area (Å²) in [6, 6.07) is 6.54. The predicted molar refractivity (Wildman–Crippen MR) is 62.5 cm³/mol. The van der Waals surface area contributed by atoms with Crippen molar-refractivity contribution in [1.29, 1.82) is 0 Å². The van der Waals surface area contributed by atoms with Crippen LogP contribution in [-0.2, 0) is 10.0 Å². The van der Waals surface area contributed by atoms with E-state index < -0.39 is 10.0 Å². The molecule has 90 valence electrons. The molecule has 0 saturated carbocycles. The lowest BCUT2D eigenvalue weighted by Gasteiger charge is -2.10. The Morgan fingerprint density at radius 3 is 2.71 bits per heavy atom. The number of aromatic nitrogens is 2. The van der Waals surface area contributed by atoms with Gasteiger partial charge in [0.25, 0.3) is 10.0 Å². The van der Waals surface area contributed by atoms with E-state index in [0.29, 0.717) is 5.75 Å². The zero-order chi connectivity index (χ0) is 12.5. The molecule has 0 aliphatic carbocycles. The average Bonchev–Trinajstić information content (AvgIpc) is 2.83. The molecule has 0 aliphatic heterocycles. The van der Waals surface area contributed by atoms with E-state index in [9.17, 15) is 8.42 Å². The molecule has 0 aliphatic rings. The number of ether oxygens (including phenoxy) is 1. The minimum atomic E-state index is -3.68. The van der Waals surface area contributed by atoms with Gasteiger partial charge in [-0.1, -0.05) is 6.07 Å². The lowest BCUT2D eigenvalue weighted by Crippen LogP contribution is -2.14. The number of rotatable bonds is 3. The summed E-state index contributed by atoms with van der Waals surface area (Å²) < 4.78 is 30.5. The molecule has 1 heterocycles. The van der Waals surface area contributed by atoms with Crippen molar-refractivity contribution in [3.63, 3.8) is 0 Å². The summed E-state index contributed by atoms with van der Waals surface area (Å²) in [6.07, 6.45) is 2.80. The quantitative estimate of drug-likeness (QED) is 0.829. The summed E-state index contributed by atoms with van der Waals surface area (Å²) in [5, 5.41) is 3.74. The van der Waals surface area contributed by atoms with Gasteiger partial charge in [0.15, 0.2) is 0 Å². The summed E-state index contributed by atoms with van der Waals surface area (Å²) in [6.45, 7) is 1.82. The molecular weight excluding hydrogens is 240 g/mol. The molecule has 0 atom stereocenters. The third-order valence-electron chi connectivity index (χ3n) is 2.32. The Hall–Kier alpha value is -1.82. The number of aryl methyl sites for hydroxylation is 1. The fraction of sp³-hybridized carbons (Fsp3) is 0.182. The van der Waals surface area contributed by atoms with Crippen LogP contribution in [0.1, 0.15) is 5.56 Å². The molecule has 0 N–H and O–H groups in total. The molecule has 0 fully saturated rings. The van der Waals surface area contributed by atoms with Crippen molar-refractivity contribution >= 4 is 10.0 Å². The number of hydrogen-bond donors (Lipinski definition) is 0. The molecule has 17 heavy (non-hydrogen) atoms. The smallest absolute Gasteiger partial charge is 0.286 e. The van der Waals surface area contributed by atoms with Gasteiger partial charge < -0.3 is 4.74 Å². The van der Waals surface area contributed by atoms with Crippen LogP contribution in [0.2, 0.25) is 0 Å². The van der Waals surface area contributed by atoms with Gasteiger partial charge in [0.2, 0.25) is 0 Å². The van der Waals surface area contributed by atoms with E-state index in [1.807, 2.05) is 6.92 Å². The maximum Gasteiger partial charge on any atom is 0.286 e. The van der Waals surface area contributed by atoms with E-state index >= 15 is 0 Å². The topological polar surface area (TPSA) is 61.2 Å². The van der Waals surface area contributed by atoms with E-state index in [0.717, 1.165) is 9.65 Å². The fourth-order valence-electron chi connectivity index (χ4n) is 1.48. The average molecular weight is 252 g/mol. The van der Waals surface area contributed by atoms with Crippen LogP contribution in [0, 0.1) is 6.92 Å². The molecule has 0 bridgehead atoms. The van der Waals surface area contributed by atoms with Gasteiger partial charge in [0.1, 0.15) is 10.6 Å². The first-order valence-corrected chi connectivity index (χ1v) is 6.39. The molecule has 0 amide bonds. The summed E-state index contributed by atoms with van der Waals surface area (Å²) in [5.74, 6) is 0.311. The van der Waals surface area contributed by atoms with Crippen LogP contribution >= 0.6 is 0 Å². The number of benzene rings is 1. The normalized spacial score (nSPS) is 11.4. The molecule has 2 aromatic rings. The van der Waals surface area contributed by atoms with Gasteiger partial charge in [-0.25, -0.2) is 0 Å². The molecule has 0 saturated heterocycles. The fourth-order valence-corrected chi connectivity index (χ4v) is 2.83. The van der Waals surface area contributed by atoms with Crippen molar-refractivity contribution in [3.8, 4) is 5.75 Å². The van der Waals surface area contributed by atoms with E-state index in [1.54, 1.807) is 24.3 Å². The van der Waals surface area contributed by atoms with Crippen LogP contribution in [0.5, 0.6) is 5.75 Å². The zero-order valence-corrected chi connectivity index (χ0v) is 10.3. The molecule has 1 aromatic heterocycles. The maximum atomic E-state index is 12.2. The minimum absolute atomic E-state index is 0.115. The summed E-state index contributed by atoms with van der Waals surface area (Å²) in [7, 11) is -2.24. The second kappa shape index (κ2) is 4.21. The Labute approximate surface area is 99.7 Å². The summed E-state index contributed by atoms with van der Waals surface area (Å²) >= 11 is 0. The lowest BCUT2D eigenvalue weighted by molar-refractivity contribution is 0.402. The number of nitrogens with zero attached hydrogens (tertiary/aromatic N) is 2. The molecule has 5 nitrogen and oxygen atoms in total. The van der Waals surface area contributed by atoms with Crippen molar-refractivity contribution in [2.75, 3.05) is 7.11 Å². The highest BCUT2D eigenvalue weighted by Gasteiger charge is 2.21. The van der Waals surface area contributed by atoms with Crippen LogP contribution in [0.15, 0.2) is 41.6 Å². The Bertz CT molecular complexity index is 618. The lowest BCUT2D eigenvalue weighted by atomic mass is 10.2. The van der Waals surface area contributed by atoms with E-state index in [2.05, 4.69) is 5.10 Å². The zero-order valence-electron chi connectivity index (χ0n) is 9.49. The first-order chi connectivity index (χ1) is 8.05. The van der Waals surface area contributed by atoms with Crippen molar-refractivity contribution in [2.45, 2.75) is 11.8 Å². The molecule has 2 rings (SSSR count). The maximum absolute atomic E-state index is 12.2. The Kier molecular flexibility index (Phi) is 2.89. The van der Waals surface area contributed by atoms with Crippen LogP contribution in [-0.4, -0.2) is 24.7 Å². The van der Waals surface area contributed by atoms with Crippen LogP contribution in [0.4, 0.5) is 0 Å². The molecule has 6 heteroatoms. The monoisotopic (exact) mass is 252 g/mol. The van der Waals surface area contributed by atoms with Crippen molar-refractivity contribution in [1.82, 2.24) is 9.19 Å². The van der Waals surface area contributed by atoms with Gasteiger partial charge in [0, 0.05) is 6.20 Å². The Morgan fingerprint density at radius 2 is 2.12 bits per heavy atom. The van der Waals surface area contributed by atoms with Gasteiger partial charge in [-0.2, -0.15) is 17.6 Å². The van der Waals surface area contributed by atoms with Gasteiger partial charge in [0.05, 0.1) is 13.3 Å². The Balaban J connectivity index is 2.65. The number of hydrogen-bond acceptors (Lipinski definition) is 4. The van der Waals surface area contributed by atoms with Crippen LogP contribution < -0.4 is 4.74 Å². The first kappa shape index (κ1) is 11.7. The first-order valence-electron chi connectivity index (χ1n) is 4.95. The van der Waals surface area contributed by atoms with E-state index in [1.165, 1.54) is 19.5 Å². The summed E-state index contributed by atoms with van der Waals surface area (Å²) in [4.78, 5) is 0.115. The van der Waals surface area contributed by atoms with Gasteiger partial charge in [-0.15, -0.1) is 0 Å². The second-order valence-electron chi connectivity index (χ2n) is 3.54.